The van der Waals surface area contributed by atoms with Crippen molar-refractivity contribution in [2.24, 2.45) is 0 Å². The highest BCUT2D eigenvalue weighted by Gasteiger charge is 2.46. The van der Waals surface area contributed by atoms with Gasteiger partial charge in [0.25, 0.3) is 17.4 Å². The third-order valence-corrected chi connectivity index (χ3v) is 8.38. The summed E-state index contributed by atoms with van der Waals surface area (Å²) in [5, 5.41) is 22.4. The number of methoxy groups -OCH3 is 2. The highest BCUT2D eigenvalue weighted by Crippen LogP contribution is 2.44. The van der Waals surface area contributed by atoms with Gasteiger partial charge >= 0.3 is 0 Å². The number of carbonyl (C=O) groups is 2. The number of rotatable bonds is 20. The molecule has 0 aromatic heterocycles. The number of Topliss-reactive ketones (excluding diaryl/α,β-unsaturated/α-hetero) is 1. The summed E-state index contributed by atoms with van der Waals surface area (Å²) in [5.41, 5.74) is 0.537. The summed E-state index contributed by atoms with van der Waals surface area (Å²) in [6, 6.07) is 9.49. The minimum Gasteiger partial charge on any atom is -0.507 e. The minimum absolute atomic E-state index is 0.0716. The first-order valence-corrected chi connectivity index (χ1v) is 16.1. The van der Waals surface area contributed by atoms with E-state index in [-0.39, 0.29) is 22.6 Å². The maximum Gasteiger partial charge on any atom is 0.295 e. The summed E-state index contributed by atoms with van der Waals surface area (Å²) in [7, 11) is 3.03. The Balaban J connectivity index is 1.67. The van der Waals surface area contributed by atoms with E-state index in [0.717, 1.165) is 25.7 Å². The van der Waals surface area contributed by atoms with Crippen LogP contribution in [0.1, 0.15) is 114 Å². The number of benzene rings is 2. The molecule has 9 heteroatoms. The number of nitrogens with zero attached hydrogens (tertiary/aromatic N) is 2. The monoisotopic (exact) mass is 608 g/mol. The summed E-state index contributed by atoms with van der Waals surface area (Å²) < 4.78 is 10.9. The van der Waals surface area contributed by atoms with Gasteiger partial charge in [0, 0.05) is 35.9 Å². The van der Waals surface area contributed by atoms with Gasteiger partial charge in [-0.3, -0.25) is 19.7 Å². The van der Waals surface area contributed by atoms with Crippen LogP contribution in [0.3, 0.4) is 0 Å². The van der Waals surface area contributed by atoms with Gasteiger partial charge in [-0.25, -0.2) is 0 Å². The number of carbonyl (C=O) groups excluding carboxylic acids is 2. The van der Waals surface area contributed by atoms with Crippen molar-refractivity contribution < 1.29 is 29.1 Å². The van der Waals surface area contributed by atoms with Gasteiger partial charge in [-0.15, -0.1) is 0 Å². The fraction of sp³-hybridized carbons (Fsp3) is 0.543. The number of nitro groups is 1. The average molecular weight is 609 g/mol. The summed E-state index contributed by atoms with van der Waals surface area (Å²) in [4.78, 5) is 38.8. The summed E-state index contributed by atoms with van der Waals surface area (Å²) >= 11 is 0. The van der Waals surface area contributed by atoms with Crippen molar-refractivity contribution in [3.8, 4) is 11.5 Å². The lowest BCUT2D eigenvalue weighted by Crippen LogP contribution is -2.31. The van der Waals surface area contributed by atoms with Gasteiger partial charge in [-0.1, -0.05) is 90.4 Å². The number of ketones is 1. The molecule has 240 valence electrons. The maximum atomic E-state index is 13.4. The van der Waals surface area contributed by atoms with Crippen molar-refractivity contribution in [1.29, 1.82) is 0 Å². The van der Waals surface area contributed by atoms with Gasteiger partial charge in [0.1, 0.15) is 17.3 Å². The number of likely N-dealkylation sites (tertiary alicyclic amines) is 1. The number of hydrogen-bond donors (Lipinski definition) is 1. The van der Waals surface area contributed by atoms with E-state index >= 15 is 0 Å². The topological polar surface area (TPSA) is 119 Å². The Morgan fingerprint density at radius 1 is 0.818 bits per heavy atom. The number of aliphatic hydroxyl groups excluding tert-OH is 1. The predicted octanol–water partition coefficient (Wildman–Crippen LogP) is 8.52. The molecule has 1 saturated heterocycles. The number of nitro benzene ring substituents is 1. The Kier molecular flexibility index (Phi) is 14.2. The van der Waals surface area contributed by atoms with E-state index in [4.69, 9.17) is 9.47 Å². The van der Waals surface area contributed by atoms with Crippen molar-refractivity contribution >= 4 is 23.1 Å². The Labute approximate surface area is 261 Å². The van der Waals surface area contributed by atoms with E-state index in [1.54, 1.807) is 18.2 Å². The Hall–Kier alpha value is -3.88. The van der Waals surface area contributed by atoms with Gasteiger partial charge in [0.15, 0.2) is 0 Å². The first-order chi connectivity index (χ1) is 21.3. The lowest BCUT2D eigenvalue weighted by molar-refractivity contribution is -0.384. The quantitative estimate of drug-likeness (QED) is 0.0399. The van der Waals surface area contributed by atoms with Crippen molar-refractivity contribution in [3.05, 3.63) is 69.3 Å². The molecule has 1 heterocycles. The normalized spacial score (nSPS) is 16.0. The van der Waals surface area contributed by atoms with Crippen LogP contribution in [-0.2, 0) is 9.59 Å². The molecule has 0 bridgehead atoms. The number of amides is 1. The number of hydrogen-bond acceptors (Lipinski definition) is 7. The van der Waals surface area contributed by atoms with E-state index in [2.05, 4.69) is 6.92 Å². The van der Waals surface area contributed by atoms with Crippen LogP contribution in [-0.4, -0.2) is 47.4 Å². The zero-order chi connectivity index (χ0) is 31.9. The second-order valence-electron chi connectivity index (χ2n) is 11.5. The van der Waals surface area contributed by atoms with Gasteiger partial charge in [-0.2, -0.15) is 0 Å². The zero-order valence-corrected chi connectivity index (χ0v) is 26.5. The van der Waals surface area contributed by atoms with Crippen molar-refractivity contribution in [3.63, 3.8) is 0 Å². The van der Waals surface area contributed by atoms with Gasteiger partial charge in [0.05, 0.1) is 30.8 Å². The lowest BCUT2D eigenvalue weighted by Gasteiger charge is -2.27. The van der Waals surface area contributed by atoms with E-state index in [0.29, 0.717) is 23.6 Å². The van der Waals surface area contributed by atoms with Crippen LogP contribution in [0.4, 0.5) is 5.69 Å². The highest BCUT2D eigenvalue weighted by atomic mass is 16.6. The summed E-state index contributed by atoms with van der Waals surface area (Å²) in [6.45, 7) is 2.59. The molecule has 1 fully saturated rings. The molecule has 0 saturated carbocycles. The number of aliphatic hydroxyl groups is 1. The second-order valence-corrected chi connectivity index (χ2v) is 11.5. The molecule has 0 unspecified atom stereocenters. The van der Waals surface area contributed by atoms with Crippen molar-refractivity contribution in [2.75, 3.05) is 20.8 Å². The van der Waals surface area contributed by atoms with Crippen LogP contribution in [0.5, 0.6) is 11.5 Å². The lowest BCUT2D eigenvalue weighted by atomic mass is 9.94. The second kappa shape index (κ2) is 18.0. The molecule has 1 amide bonds. The molecule has 2 aromatic carbocycles. The van der Waals surface area contributed by atoms with Gasteiger partial charge < -0.3 is 19.5 Å². The molecule has 1 aliphatic rings. The van der Waals surface area contributed by atoms with Crippen molar-refractivity contribution in [1.82, 2.24) is 4.90 Å². The average Bonchev–Trinajstić information content (AvgIpc) is 3.29. The number of ether oxygens (including phenoxy) is 2. The highest BCUT2D eigenvalue weighted by molar-refractivity contribution is 6.46. The van der Waals surface area contributed by atoms with Crippen molar-refractivity contribution in [2.45, 2.75) is 103 Å². The molecule has 1 atom stereocenters. The maximum absolute atomic E-state index is 13.4. The Bertz CT molecular complexity index is 1270. The van der Waals surface area contributed by atoms with E-state index in [9.17, 15) is 24.8 Å². The van der Waals surface area contributed by atoms with Gasteiger partial charge in [-0.05, 0) is 30.7 Å². The molecule has 1 aliphatic heterocycles. The van der Waals surface area contributed by atoms with E-state index in [1.165, 1.54) is 108 Å². The standard InChI is InChI=1S/C35H48N2O7/c1-4-5-6-7-8-9-10-11-12-13-14-15-16-17-24-36-32(29-23-22-28(43-2)25-30(29)44-3)31(34(39)35(36)40)33(38)26-18-20-27(21-19-26)37(41)42/h18-23,25,32,38H,4-17,24H2,1-3H3/t32-/m0/s1. The molecule has 44 heavy (non-hydrogen) atoms. The largest absolute Gasteiger partial charge is 0.507 e. The SMILES string of the molecule is CCCCCCCCCCCCCCCCN1C(=O)C(=O)C(=C(O)c2ccc([N+](=O)[O-])cc2)[C@@H]1c1ccc(OC)cc1OC. The number of non-ortho nitro benzene ring substituents is 1. The zero-order valence-electron chi connectivity index (χ0n) is 26.5. The first-order valence-electron chi connectivity index (χ1n) is 16.1. The third kappa shape index (κ3) is 9.31. The third-order valence-electron chi connectivity index (χ3n) is 8.38. The number of unbranched alkanes of at least 4 members (excludes halogenated alkanes) is 13. The van der Waals surface area contributed by atoms with E-state index < -0.39 is 22.7 Å². The molecular weight excluding hydrogens is 560 g/mol. The molecule has 1 N–H and O–H groups in total. The fourth-order valence-corrected chi connectivity index (χ4v) is 5.85. The van der Waals surface area contributed by atoms with Crippen LogP contribution >= 0.6 is 0 Å². The van der Waals surface area contributed by atoms with E-state index in [1.807, 2.05) is 0 Å². The smallest absolute Gasteiger partial charge is 0.295 e. The molecule has 3 rings (SSSR count). The molecule has 2 aromatic rings. The predicted molar refractivity (Wildman–Crippen MR) is 172 cm³/mol. The summed E-state index contributed by atoms with van der Waals surface area (Å²) in [6.07, 6.45) is 17.0. The van der Waals surface area contributed by atoms with Crippen LogP contribution in [0.15, 0.2) is 48.0 Å². The minimum atomic E-state index is -0.881. The van der Waals surface area contributed by atoms with Crippen LogP contribution in [0, 0.1) is 10.1 Å². The molecule has 0 spiro atoms. The fourth-order valence-electron chi connectivity index (χ4n) is 5.85. The Morgan fingerprint density at radius 2 is 1.36 bits per heavy atom. The Morgan fingerprint density at radius 3 is 1.86 bits per heavy atom. The molecule has 0 aliphatic carbocycles. The van der Waals surface area contributed by atoms with Crippen LogP contribution in [0.25, 0.3) is 5.76 Å². The van der Waals surface area contributed by atoms with Crippen LogP contribution < -0.4 is 9.47 Å². The van der Waals surface area contributed by atoms with Gasteiger partial charge in [0.2, 0.25) is 0 Å². The molecular formula is C35H48N2O7. The van der Waals surface area contributed by atoms with Crippen LogP contribution in [0.2, 0.25) is 0 Å². The first kappa shape index (κ1) is 34.6. The molecule has 9 nitrogen and oxygen atoms in total. The summed E-state index contributed by atoms with van der Waals surface area (Å²) in [5.74, 6) is -0.911. The molecule has 0 radical (unpaired) electrons.